The molecule has 0 bridgehead atoms. The second-order valence-electron chi connectivity index (χ2n) is 8.92. The van der Waals surface area contributed by atoms with Gasteiger partial charge in [0, 0.05) is 29.8 Å². The molecule has 0 aliphatic heterocycles. The average molecular weight is 557 g/mol. The highest BCUT2D eigenvalue weighted by Crippen LogP contribution is 2.37. The lowest BCUT2D eigenvalue weighted by Gasteiger charge is -2.21. The van der Waals surface area contributed by atoms with Gasteiger partial charge in [0.2, 0.25) is 0 Å². The molecule has 2 aromatic carbocycles. The first-order chi connectivity index (χ1) is 18.3. The van der Waals surface area contributed by atoms with E-state index in [0.717, 1.165) is 0 Å². The van der Waals surface area contributed by atoms with Gasteiger partial charge < -0.3 is 26.0 Å². The third-order valence-electron chi connectivity index (χ3n) is 5.93. The number of benzene rings is 2. The number of phenols is 1. The van der Waals surface area contributed by atoms with Gasteiger partial charge in [-0.15, -0.1) is 0 Å². The molecule has 2 aromatic rings. The minimum atomic E-state index is -4.69. The summed E-state index contributed by atoms with van der Waals surface area (Å²) in [6, 6.07) is 8.92. The lowest BCUT2D eigenvalue weighted by molar-refractivity contribution is -0.137. The van der Waals surface area contributed by atoms with E-state index in [-0.39, 0.29) is 53.7 Å². The number of carbonyl (C=O) groups excluding carboxylic acids is 1. The van der Waals surface area contributed by atoms with Crippen molar-refractivity contribution in [2.24, 2.45) is 0 Å². The molecule has 3 rings (SSSR count). The van der Waals surface area contributed by atoms with Gasteiger partial charge in [-0.05, 0) is 72.0 Å². The number of carboxylic acid groups (broad SMARTS) is 2. The highest BCUT2D eigenvalue weighted by Gasteiger charge is 2.25. The SMILES string of the molecule is CC1=C/C(=C(/c2cc(C)c(O)c(CNCC(=O)O)c2)c2ccccc2S(=O)(=O)O)C=C(CNCC(=O)O)C1=O. The van der Waals surface area contributed by atoms with Gasteiger partial charge in [0.25, 0.3) is 10.1 Å². The molecular formula is C27H28N2O9S. The molecule has 0 heterocycles. The summed E-state index contributed by atoms with van der Waals surface area (Å²) in [4.78, 5) is 34.3. The van der Waals surface area contributed by atoms with Gasteiger partial charge in [0.05, 0.1) is 13.1 Å². The largest absolute Gasteiger partial charge is 0.507 e. The van der Waals surface area contributed by atoms with Crippen molar-refractivity contribution >= 4 is 33.4 Å². The number of hydrogen-bond acceptors (Lipinski definition) is 8. The van der Waals surface area contributed by atoms with E-state index in [9.17, 15) is 32.5 Å². The number of aryl methyl sites for hydroxylation is 1. The molecular weight excluding hydrogens is 528 g/mol. The lowest BCUT2D eigenvalue weighted by Crippen LogP contribution is -2.28. The van der Waals surface area contributed by atoms with E-state index in [1.165, 1.54) is 24.3 Å². The topological polar surface area (TPSA) is 190 Å². The Bertz CT molecular complexity index is 1540. The monoisotopic (exact) mass is 556 g/mol. The van der Waals surface area contributed by atoms with Crippen LogP contribution in [0.15, 0.2) is 70.2 Å². The Morgan fingerprint density at radius 1 is 0.923 bits per heavy atom. The van der Waals surface area contributed by atoms with E-state index >= 15 is 0 Å². The second-order valence-corrected chi connectivity index (χ2v) is 10.3. The quantitative estimate of drug-likeness (QED) is 0.222. The Hall–Kier alpha value is -4.10. The highest BCUT2D eigenvalue weighted by atomic mass is 32.2. The lowest BCUT2D eigenvalue weighted by atomic mass is 9.85. The first-order valence-electron chi connectivity index (χ1n) is 11.7. The number of allylic oxidation sites excluding steroid dienone is 4. The van der Waals surface area contributed by atoms with Crippen LogP contribution in [0.2, 0.25) is 0 Å². The molecule has 1 aliphatic carbocycles. The van der Waals surface area contributed by atoms with Crippen LogP contribution >= 0.6 is 0 Å². The van der Waals surface area contributed by atoms with E-state index in [2.05, 4.69) is 10.6 Å². The summed E-state index contributed by atoms with van der Waals surface area (Å²) in [6.45, 7) is 2.38. The number of carboxylic acids is 2. The summed E-state index contributed by atoms with van der Waals surface area (Å²) in [7, 11) is -4.69. The van der Waals surface area contributed by atoms with Crippen LogP contribution in [-0.2, 0) is 31.0 Å². The second kappa shape index (κ2) is 12.2. The minimum Gasteiger partial charge on any atom is -0.507 e. The predicted octanol–water partition coefficient (Wildman–Crippen LogP) is 2.05. The van der Waals surface area contributed by atoms with Crippen molar-refractivity contribution in [1.82, 2.24) is 10.6 Å². The molecule has 1 aliphatic rings. The molecule has 206 valence electrons. The fraction of sp³-hybridized carbons (Fsp3) is 0.222. The van der Waals surface area contributed by atoms with Gasteiger partial charge in [-0.3, -0.25) is 18.9 Å². The van der Waals surface area contributed by atoms with Crippen LogP contribution in [0.25, 0.3) is 5.57 Å². The van der Waals surface area contributed by atoms with Crippen LogP contribution in [0.4, 0.5) is 0 Å². The zero-order valence-corrected chi connectivity index (χ0v) is 22.0. The maximum atomic E-state index is 12.8. The normalized spacial score (nSPS) is 15.0. The number of aromatic hydroxyl groups is 1. The molecule has 0 fully saturated rings. The molecule has 11 nitrogen and oxygen atoms in total. The minimum absolute atomic E-state index is 0.0110. The van der Waals surface area contributed by atoms with Crippen molar-refractivity contribution < 1.29 is 42.7 Å². The molecule has 0 atom stereocenters. The van der Waals surface area contributed by atoms with Crippen LogP contribution in [0, 0.1) is 6.92 Å². The molecule has 0 radical (unpaired) electrons. The molecule has 0 aromatic heterocycles. The summed E-state index contributed by atoms with van der Waals surface area (Å²) in [5.41, 5.74) is 2.59. The number of nitrogens with one attached hydrogen (secondary N) is 2. The Morgan fingerprint density at radius 3 is 2.15 bits per heavy atom. The highest BCUT2D eigenvalue weighted by molar-refractivity contribution is 7.86. The average Bonchev–Trinajstić information content (AvgIpc) is 2.84. The summed E-state index contributed by atoms with van der Waals surface area (Å²) in [6.07, 6.45) is 3.08. The van der Waals surface area contributed by atoms with Crippen molar-refractivity contribution in [3.63, 3.8) is 0 Å². The molecule has 0 saturated heterocycles. The van der Waals surface area contributed by atoms with Crippen LogP contribution in [0.3, 0.4) is 0 Å². The Morgan fingerprint density at radius 2 is 1.54 bits per heavy atom. The summed E-state index contributed by atoms with van der Waals surface area (Å²) < 4.78 is 34.6. The van der Waals surface area contributed by atoms with Gasteiger partial charge in [0.15, 0.2) is 5.78 Å². The molecule has 39 heavy (non-hydrogen) atoms. The van der Waals surface area contributed by atoms with Gasteiger partial charge >= 0.3 is 11.9 Å². The number of phenolic OH excluding ortho intramolecular Hbond substituents is 1. The molecule has 6 N–H and O–H groups in total. The molecule has 0 spiro atoms. The maximum absolute atomic E-state index is 12.8. The van der Waals surface area contributed by atoms with Gasteiger partial charge in [0.1, 0.15) is 10.6 Å². The summed E-state index contributed by atoms with van der Waals surface area (Å²) in [5, 5.41) is 33.9. The van der Waals surface area contributed by atoms with E-state index in [1.54, 1.807) is 38.1 Å². The van der Waals surface area contributed by atoms with E-state index < -0.39 is 22.1 Å². The Labute approximate surface area is 224 Å². The van der Waals surface area contributed by atoms with E-state index in [1.807, 2.05) is 0 Å². The van der Waals surface area contributed by atoms with E-state index in [0.29, 0.717) is 33.4 Å². The summed E-state index contributed by atoms with van der Waals surface area (Å²) >= 11 is 0. The first kappa shape index (κ1) is 29.5. The molecule has 12 heteroatoms. The fourth-order valence-electron chi connectivity index (χ4n) is 4.24. The molecule has 0 saturated carbocycles. The van der Waals surface area contributed by atoms with Gasteiger partial charge in [-0.25, -0.2) is 0 Å². The predicted molar refractivity (Wildman–Crippen MR) is 142 cm³/mol. The number of hydrogen-bond donors (Lipinski definition) is 6. The van der Waals surface area contributed by atoms with Crippen LogP contribution in [0.1, 0.15) is 29.2 Å². The smallest absolute Gasteiger partial charge is 0.317 e. The first-order valence-corrected chi connectivity index (χ1v) is 13.2. The standard InChI is InChI=1S/C27H28N2O9S/c1-15-7-17(9-19(26(15)34)11-28-13-23(30)31)25(21-5-3-4-6-22(21)39(36,37)38)18-8-16(2)27(35)20(10-18)12-29-14-24(32)33/h3-10,28-29,34H,11-14H2,1-2H3,(H,30,31)(H,32,33)(H,36,37,38)/b25-18+. The zero-order chi connectivity index (χ0) is 28.9. The molecule has 0 amide bonds. The summed E-state index contributed by atoms with van der Waals surface area (Å²) in [5.74, 6) is -2.59. The van der Waals surface area contributed by atoms with Crippen molar-refractivity contribution in [2.45, 2.75) is 25.3 Å². The fourth-order valence-corrected chi connectivity index (χ4v) is 4.94. The number of Topliss-reactive ketones (excluding diaryl/α,β-unsaturated/α-hetero) is 1. The van der Waals surface area contributed by atoms with Crippen molar-refractivity contribution in [1.29, 1.82) is 0 Å². The Kier molecular flexibility index (Phi) is 9.20. The van der Waals surface area contributed by atoms with Crippen molar-refractivity contribution in [3.05, 3.63) is 87.5 Å². The number of rotatable bonds is 11. The van der Waals surface area contributed by atoms with Crippen LogP contribution in [0.5, 0.6) is 5.75 Å². The van der Waals surface area contributed by atoms with Crippen LogP contribution < -0.4 is 10.6 Å². The van der Waals surface area contributed by atoms with Gasteiger partial charge in [-0.2, -0.15) is 8.42 Å². The van der Waals surface area contributed by atoms with Crippen molar-refractivity contribution in [3.8, 4) is 5.75 Å². The third-order valence-corrected chi connectivity index (χ3v) is 6.84. The maximum Gasteiger partial charge on any atom is 0.317 e. The Balaban J connectivity index is 2.32. The van der Waals surface area contributed by atoms with Crippen molar-refractivity contribution in [2.75, 3.05) is 19.6 Å². The number of ketones is 1. The van der Waals surface area contributed by atoms with Crippen LogP contribution in [-0.4, -0.2) is 65.6 Å². The van der Waals surface area contributed by atoms with E-state index in [4.69, 9.17) is 10.2 Å². The molecule has 0 unspecified atom stereocenters. The number of aliphatic carboxylic acids is 2. The number of carbonyl (C=O) groups is 3. The zero-order valence-electron chi connectivity index (χ0n) is 21.2. The third kappa shape index (κ3) is 7.27. The van der Waals surface area contributed by atoms with Gasteiger partial charge in [-0.1, -0.05) is 18.2 Å².